The Hall–Kier alpha value is -1.93. The lowest BCUT2D eigenvalue weighted by Crippen LogP contribution is -2.35. The molecule has 2 fully saturated rings. The first-order valence-corrected chi connectivity index (χ1v) is 8.78. The predicted molar refractivity (Wildman–Crippen MR) is 95.1 cm³/mol. The van der Waals surface area contributed by atoms with Gasteiger partial charge in [-0.05, 0) is 66.6 Å². The molecular formula is C21H24N2. The summed E-state index contributed by atoms with van der Waals surface area (Å²) < 4.78 is 0. The van der Waals surface area contributed by atoms with Crippen molar-refractivity contribution in [2.45, 2.75) is 44.2 Å². The summed E-state index contributed by atoms with van der Waals surface area (Å²) in [7, 11) is 0. The van der Waals surface area contributed by atoms with Crippen LogP contribution in [0.4, 0.5) is 0 Å². The molecule has 2 aromatic rings. The SMILES string of the molecule is C=C(c1ccncc1)c1ccc(C2CCC3CCCCN32)cc1. The molecule has 23 heavy (non-hydrogen) atoms. The van der Waals surface area contributed by atoms with Crippen LogP contribution in [0.15, 0.2) is 55.4 Å². The largest absolute Gasteiger partial charge is 0.293 e. The first kappa shape index (κ1) is 14.6. The van der Waals surface area contributed by atoms with E-state index in [1.54, 1.807) is 0 Å². The van der Waals surface area contributed by atoms with Gasteiger partial charge in [-0.2, -0.15) is 0 Å². The van der Waals surface area contributed by atoms with Crippen molar-refractivity contribution in [2.75, 3.05) is 6.54 Å². The van der Waals surface area contributed by atoms with Gasteiger partial charge >= 0.3 is 0 Å². The topological polar surface area (TPSA) is 16.1 Å². The molecule has 2 heteroatoms. The van der Waals surface area contributed by atoms with Crippen molar-refractivity contribution >= 4 is 5.57 Å². The molecule has 3 heterocycles. The van der Waals surface area contributed by atoms with Crippen LogP contribution in [0.2, 0.25) is 0 Å². The van der Waals surface area contributed by atoms with Crippen molar-refractivity contribution in [3.8, 4) is 0 Å². The zero-order valence-electron chi connectivity index (χ0n) is 13.6. The van der Waals surface area contributed by atoms with Crippen LogP contribution in [-0.2, 0) is 0 Å². The molecule has 2 atom stereocenters. The van der Waals surface area contributed by atoms with Crippen molar-refractivity contribution in [3.05, 3.63) is 72.1 Å². The average Bonchev–Trinajstić information content (AvgIpc) is 3.06. The van der Waals surface area contributed by atoms with E-state index >= 15 is 0 Å². The number of nitrogens with zero attached hydrogens (tertiary/aromatic N) is 2. The minimum Gasteiger partial charge on any atom is -0.293 e. The second-order valence-corrected chi connectivity index (χ2v) is 6.82. The molecule has 4 rings (SSSR count). The van der Waals surface area contributed by atoms with Crippen molar-refractivity contribution in [1.29, 1.82) is 0 Å². The highest BCUT2D eigenvalue weighted by Gasteiger charge is 2.35. The van der Waals surface area contributed by atoms with E-state index < -0.39 is 0 Å². The Balaban J connectivity index is 1.53. The average molecular weight is 304 g/mol. The summed E-state index contributed by atoms with van der Waals surface area (Å²) in [6.07, 6.45) is 10.5. The molecular weight excluding hydrogens is 280 g/mol. The number of fused-ring (bicyclic) bond motifs is 1. The minimum absolute atomic E-state index is 0.628. The first-order chi connectivity index (χ1) is 11.3. The number of piperidine rings is 1. The number of rotatable bonds is 3. The molecule has 1 aromatic heterocycles. The van der Waals surface area contributed by atoms with E-state index in [4.69, 9.17) is 0 Å². The summed E-state index contributed by atoms with van der Waals surface area (Å²) in [4.78, 5) is 6.83. The van der Waals surface area contributed by atoms with E-state index in [2.05, 4.69) is 40.7 Å². The van der Waals surface area contributed by atoms with Crippen molar-refractivity contribution in [1.82, 2.24) is 9.88 Å². The second kappa shape index (κ2) is 6.29. The fourth-order valence-electron chi connectivity index (χ4n) is 4.24. The molecule has 0 saturated carbocycles. The van der Waals surface area contributed by atoms with E-state index in [0.29, 0.717) is 6.04 Å². The van der Waals surface area contributed by atoms with Crippen LogP contribution >= 0.6 is 0 Å². The van der Waals surface area contributed by atoms with Gasteiger partial charge in [0.25, 0.3) is 0 Å². The first-order valence-electron chi connectivity index (χ1n) is 8.78. The fourth-order valence-corrected chi connectivity index (χ4v) is 4.24. The number of benzene rings is 1. The molecule has 2 unspecified atom stereocenters. The third-order valence-corrected chi connectivity index (χ3v) is 5.52. The smallest absolute Gasteiger partial charge is 0.0351 e. The highest BCUT2D eigenvalue weighted by Crippen LogP contribution is 2.40. The molecule has 1 aromatic carbocycles. The van der Waals surface area contributed by atoms with Crippen LogP contribution in [-0.4, -0.2) is 22.5 Å². The van der Waals surface area contributed by atoms with Gasteiger partial charge in [-0.25, -0.2) is 0 Å². The second-order valence-electron chi connectivity index (χ2n) is 6.82. The molecule has 0 bridgehead atoms. The van der Waals surface area contributed by atoms with E-state index in [1.807, 2.05) is 24.5 Å². The van der Waals surface area contributed by atoms with Gasteiger partial charge in [-0.15, -0.1) is 0 Å². The maximum absolute atomic E-state index is 4.25. The zero-order chi connectivity index (χ0) is 15.6. The number of pyridine rings is 1. The van der Waals surface area contributed by atoms with Crippen LogP contribution < -0.4 is 0 Å². The van der Waals surface area contributed by atoms with Gasteiger partial charge in [0.1, 0.15) is 0 Å². The number of hydrogen-bond acceptors (Lipinski definition) is 2. The molecule has 0 aliphatic carbocycles. The third kappa shape index (κ3) is 2.84. The molecule has 118 valence electrons. The van der Waals surface area contributed by atoms with Gasteiger partial charge in [0.05, 0.1) is 0 Å². The van der Waals surface area contributed by atoms with Crippen LogP contribution in [0, 0.1) is 0 Å². The minimum atomic E-state index is 0.628. The van der Waals surface area contributed by atoms with E-state index in [1.165, 1.54) is 49.8 Å². The lowest BCUT2D eigenvalue weighted by molar-refractivity contribution is 0.150. The lowest BCUT2D eigenvalue weighted by atomic mass is 9.97. The van der Waals surface area contributed by atoms with Crippen LogP contribution in [0.3, 0.4) is 0 Å². The van der Waals surface area contributed by atoms with Gasteiger partial charge < -0.3 is 0 Å². The van der Waals surface area contributed by atoms with E-state index in [0.717, 1.165) is 17.2 Å². The molecule has 0 N–H and O–H groups in total. The monoisotopic (exact) mass is 304 g/mol. The molecule has 0 spiro atoms. The van der Waals surface area contributed by atoms with Crippen LogP contribution in [0.25, 0.3) is 5.57 Å². The maximum Gasteiger partial charge on any atom is 0.0351 e. The molecule has 2 aliphatic rings. The van der Waals surface area contributed by atoms with Gasteiger partial charge in [0, 0.05) is 24.5 Å². The standard InChI is InChI=1S/C21H24N2/c1-16(18-11-13-22-14-12-18)17-5-7-19(8-6-17)21-10-9-20-4-2-3-15-23(20)21/h5-8,11-14,20-21H,1-4,9-10,15H2. The summed E-state index contributed by atoms with van der Waals surface area (Å²) in [6.45, 7) is 5.53. The van der Waals surface area contributed by atoms with Crippen molar-refractivity contribution in [3.63, 3.8) is 0 Å². The lowest BCUT2D eigenvalue weighted by Gasteiger charge is -2.34. The highest BCUT2D eigenvalue weighted by molar-refractivity contribution is 5.77. The van der Waals surface area contributed by atoms with Crippen LogP contribution in [0.5, 0.6) is 0 Å². The van der Waals surface area contributed by atoms with E-state index in [9.17, 15) is 0 Å². The highest BCUT2D eigenvalue weighted by atomic mass is 15.2. The van der Waals surface area contributed by atoms with Crippen LogP contribution in [0.1, 0.15) is 54.8 Å². The summed E-state index contributed by atoms with van der Waals surface area (Å²) in [5.74, 6) is 0. The predicted octanol–water partition coefficient (Wildman–Crippen LogP) is 4.83. The van der Waals surface area contributed by atoms with Gasteiger partial charge in [-0.1, -0.05) is 37.3 Å². The normalized spacial score (nSPS) is 24.3. The summed E-state index contributed by atoms with van der Waals surface area (Å²) in [5.41, 5.74) is 4.89. The molecule has 2 saturated heterocycles. The Morgan fingerprint density at radius 3 is 2.43 bits per heavy atom. The zero-order valence-corrected chi connectivity index (χ0v) is 13.6. The fraction of sp³-hybridized carbons (Fsp3) is 0.381. The Kier molecular flexibility index (Phi) is 4.00. The number of aromatic nitrogens is 1. The molecule has 2 aliphatic heterocycles. The van der Waals surface area contributed by atoms with E-state index in [-0.39, 0.29) is 0 Å². The molecule has 0 radical (unpaired) electrons. The summed E-state index contributed by atoms with van der Waals surface area (Å²) in [6, 6.07) is 14.6. The quantitative estimate of drug-likeness (QED) is 0.807. The molecule has 2 nitrogen and oxygen atoms in total. The Morgan fingerprint density at radius 2 is 1.65 bits per heavy atom. The van der Waals surface area contributed by atoms with Gasteiger partial charge in [0.2, 0.25) is 0 Å². The van der Waals surface area contributed by atoms with Crippen molar-refractivity contribution in [2.24, 2.45) is 0 Å². The maximum atomic E-state index is 4.25. The Morgan fingerprint density at radius 1 is 0.913 bits per heavy atom. The van der Waals surface area contributed by atoms with Gasteiger partial charge in [0.15, 0.2) is 0 Å². The Bertz CT molecular complexity index is 675. The third-order valence-electron chi connectivity index (χ3n) is 5.52. The summed E-state index contributed by atoms with van der Waals surface area (Å²) >= 11 is 0. The van der Waals surface area contributed by atoms with Crippen molar-refractivity contribution < 1.29 is 0 Å². The van der Waals surface area contributed by atoms with Gasteiger partial charge in [-0.3, -0.25) is 9.88 Å². The summed E-state index contributed by atoms with van der Waals surface area (Å²) in [5, 5.41) is 0. The Labute approximate surface area is 138 Å². The molecule has 0 amide bonds. The number of hydrogen-bond donors (Lipinski definition) is 0.